The maximum absolute atomic E-state index is 9.02. The number of hydrogen-bond acceptors (Lipinski definition) is 2. The summed E-state index contributed by atoms with van der Waals surface area (Å²) in [7, 11) is 0. The van der Waals surface area contributed by atoms with E-state index >= 15 is 0 Å². The Morgan fingerprint density at radius 1 is 0.708 bits per heavy atom. The van der Waals surface area contributed by atoms with E-state index in [0.717, 1.165) is 12.8 Å². The second kappa shape index (κ2) is 20.5. The maximum Gasteiger partial charge on any atom is 0.0450 e. The fourth-order valence-electron chi connectivity index (χ4n) is 3.21. The molecule has 2 nitrogen and oxygen atoms in total. The zero-order valence-electron chi connectivity index (χ0n) is 16.7. The fourth-order valence-corrected chi connectivity index (χ4v) is 3.21. The molecule has 0 heterocycles. The lowest BCUT2D eigenvalue weighted by atomic mass is 10.0. The molecule has 24 heavy (non-hydrogen) atoms. The van der Waals surface area contributed by atoms with Crippen LogP contribution in [0, 0.1) is 0 Å². The van der Waals surface area contributed by atoms with Crippen LogP contribution in [0.5, 0.6) is 0 Å². The Morgan fingerprint density at radius 2 is 1.25 bits per heavy atom. The average Bonchev–Trinajstić information content (AvgIpc) is 2.58. The molecule has 0 amide bonds. The van der Waals surface area contributed by atoms with Gasteiger partial charge in [-0.1, -0.05) is 97.0 Å². The second-order valence-corrected chi connectivity index (χ2v) is 7.24. The third-order valence-electron chi connectivity index (χ3n) is 4.79. The lowest BCUT2D eigenvalue weighted by molar-refractivity contribution is 0.266. The van der Waals surface area contributed by atoms with Crippen molar-refractivity contribution in [2.24, 2.45) is 0 Å². The van der Waals surface area contributed by atoms with Crippen molar-refractivity contribution in [1.82, 2.24) is 5.32 Å². The van der Waals surface area contributed by atoms with Gasteiger partial charge in [0.2, 0.25) is 0 Å². The summed E-state index contributed by atoms with van der Waals surface area (Å²) >= 11 is 0. The van der Waals surface area contributed by atoms with E-state index in [-0.39, 0.29) is 6.61 Å². The normalized spacial score (nSPS) is 12.8. The van der Waals surface area contributed by atoms with Crippen molar-refractivity contribution < 1.29 is 5.11 Å². The van der Waals surface area contributed by atoms with Crippen LogP contribution < -0.4 is 5.32 Å². The number of aliphatic hydroxyl groups excluding tert-OH is 1. The van der Waals surface area contributed by atoms with Crippen LogP contribution in [-0.2, 0) is 0 Å². The summed E-state index contributed by atoms with van der Waals surface area (Å²) in [5.74, 6) is 0. The van der Waals surface area contributed by atoms with Gasteiger partial charge in [0.05, 0.1) is 0 Å². The standard InChI is InChI=1S/C22H45NO/c1-3-5-6-7-8-9-10-11-12-13-14-15-16-17-20-23-22(18-4-2)19-21-24/h17,20,22-24H,3-16,18-19,21H2,1-2H3. The van der Waals surface area contributed by atoms with Crippen molar-refractivity contribution in [1.29, 1.82) is 0 Å². The first-order valence-corrected chi connectivity index (χ1v) is 10.9. The molecular formula is C22H45NO. The van der Waals surface area contributed by atoms with Gasteiger partial charge in [-0.15, -0.1) is 0 Å². The van der Waals surface area contributed by atoms with Crippen LogP contribution in [0.3, 0.4) is 0 Å². The zero-order valence-corrected chi connectivity index (χ0v) is 16.7. The molecule has 0 fully saturated rings. The van der Waals surface area contributed by atoms with E-state index in [1.807, 2.05) is 0 Å². The van der Waals surface area contributed by atoms with Crippen molar-refractivity contribution >= 4 is 0 Å². The maximum atomic E-state index is 9.02. The molecule has 2 N–H and O–H groups in total. The summed E-state index contributed by atoms with van der Waals surface area (Å²) in [6.45, 7) is 4.76. The topological polar surface area (TPSA) is 32.3 Å². The Balaban J connectivity index is 3.25. The quantitative estimate of drug-likeness (QED) is 0.256. The van der Waals surface area contributed by atoms with Crippen molar-refractivity contribution in [2.45, 2.75) is 123 Å². The van der Waals surface area contributed by atoms with Gasteiger partial charge in [0.15, 0.2) is 0 Å². The van der Waals surface area contributed by atoms with Crippen LogP contribution in [0.4, 0.5) is 0 Å². The molecular weight excluding hydrogens is 294 g/mol. The number of nitrogens with one attached hydrogen (secondary N) is 1. The summed E-state index contributed by atoms with van der Waals surface area (Å²) in [6.07, 6.45) is 25.7. The molecule has 1 atom stereocenters. The Morgan fingerprint density at radius 3 is 1.75 bits per heavy atom. The highest BCUT2D eigenvalue weighted by atomic mass is 16.3. The molecule has 0 aromatic heterocycles. The average molecular weight is 340 g/mol. The fraction of sp³-hybridized carbons (Fsp3) is 0.909. The van der Waals surface area contributed by atoms with E-state index < -0.39 is 0 Å². The van der Waals surface area contributed by atoms with E-state index in [1.54, 1.807) is 0 Å². The summed E-state index contributed by atoms with van der Waals surface area (Å²) in [6, 6.07) is 0.443. The van der Waals surface area contributed by atoms with E-state index in [1.165, 1.54) is 89.9 Å². The highest BCUT2D eigenvalue weighted by Crippen LogP contribution is 2.12. The van der Waals surface area contributed by atoms with Gasteiger partial charge in [0.25, 0.3) is 0 Å². The molecule has 0 aromatic rings. The van der Waals surface area contributed by atoms with E-state index in [4.69, 9.17) is 5.11 Å². The van der Waals surface area contributed by atoms with Crippen molar-refractivity contribution in [2.75, 3.05) is 6.61 Å². The first kappa shape index (κ1) is 23.5. The van der Waals surface area contributed by atoms with Crippen LogP contribution in [0.25, 0.3) is 0 Å². The van der Waals surface area contributed by atoms with Crippen LogP contribution >= 0.6 is 0 Å². The molecule has 0 rings (SSSR count). The van der Waals surface area contributed by atoms with Crippen molar-refractivity contribution in [3.8, 4) is 0 Å². The summed E-state index contributed by atoms with van der Waals surface area (Å²) in [4.78, 5) is 0. The predicted molar refractivity (Wildman–Crippen MR) is 108 cm³/mol. The minimum absolute atomic E-state index is 0.282. The van der Waals surface area contributed by atoms with Gasteiger partial charge >= 0.3 is 0 Å². The van der Waals surface area contributed by atoms with E-state index in [2.05, 4.69) is 31.4 Å². The monoisotopic (exact) mass is 339 g/mol. The molecule has 0 aliphatic carbocycles. The van der Waals surface area contributed by atoms with Crippen LogP contribution in [-0.4, -0.2) is 17.8 Å². The molecule has 2 heteroatoms. The molecule has 0 aliphatic rings. The van der Waals surface area contributed by atoms with Gasteiger partial charge in [0.1, 0.15) is 0 Å². The van der Waals surface area contributed by atoms with E-state index in [0.29, 0.717) is 6.04 Å². The molecule has 0 saturated carbocycles. The Bertz CT molecular complexity index is 246. The highest BCUT2D eigenvalue weighted by molar-refractivity contribution is 4.83. The van der Waals surface area contributed by atoms with Crippen molar-refractivity contribution in [3.05, 3.63) is 12.3 Å². The smallest absolute Gasteiger partial charge is 0.0450 e. The Labute approximate surface area is 152 Å². The molecule has 0 radical (unpaired) electrons. The Hall–Kier alpha value is -0.500. The van der Waals surface area contributed by atoms with E-state index in [9.17, 15) is 0 Å². The van der Waals surface area contributed by atoms with Gasteiger partial charge < -0.3 is 10.4 Å². The molecule has 0 bridgehead atoms. The minimum Gasteiger partial charge on any atom is -0.396 e. The highest BCUT2D eigenvalue weighted by Gasteiger charge is 2.02. The lowest BCUT2D eigenvalue weighted by Crippen LogP contribution is -2.25. The molecule has 0 saturated heterocycles. The largest absolute Gasteiger partial charge is 0.396 e. The predicted octanol–water partition coefficient (Wildman–Crippen LogP) is 6.73. The van der Waals surface area contributed by atoms with Crippen LogP contribution in [0.15, 0.2) is 12.3 Å². The lowest BCUT2D eigenvalue weighted by Gasteiger charge is -2.14. The first-order chi connectivity index (χ1) is 11.8. The van der Waals surface area contributed by atoms with Gasteiger partial charge in [-0.05, 0) is 31.9 Å². The number of allylic oxidation sites excluding steroid dienone is 1. The summed E-state index contributed by atoms with van der Waals surface area (Å²) in [5, 5.41) is 12.4. The third-order valence-corrected chi connectivity index (χ3v) is 4.79. The molecule has 1 unspecified atom stereocenters. The second-order valence-electron chi connectivity index (χ2n) is 7.24. The third kappa shape index (κ3) is 17.8. The first-order valence-electron chi connectivity index (χ1n) is 10.9. The minimum atomic E-state index is 0.282. The number of hydrogen-bond donors (Lipinski definition) is 2. The number of aliphatic hydroxyl groups is 1. The Kier molecular flexibility index (Phi) is 20.1. The van der Waals surface area contributed by atoms with Gasteiger partial charge in [-0.25, -0.2) is 0 Å². The molecule has 0 aromatic carbocycles. The zero-order chi connectivity index (χ0) is 17.7. The van der Waals surface area contributed by atoms with Gasteiger partial charge in [-0.3, -0.25) is 0 Å². The molecule has 144 valence electrons. The van der Waals surface area contributed by atoms with Crippen molar-refractivity contribution in [3.63, 3.8) is 0 Å². The molecule has 0 spiro atoms. The molecule has 0 aliphatic heterocycles. The summed E-state index contributed by atoms with van der Waals surface area (Å²) < 4.78 is 0. The van der Waals surface area contributed by atoms with Gasteiger partial charge in [0, 0.05) is 12.6 Å². The number of rotatable bonds is 19. The van der Waals surface area contributed by atoms with Gasteiger partial charge in [-0.2, -0.15) is 0 Å². The summed E-state index contributed by atoms with van der Waals surface area (Å²) in [5.41, 5.74) is 0. The SMILES string of the molecule is CCCCCCCCCCCCCCC=CNC(CCC)CCO. The van der Waals surface area contributed by atoms with Crippen LogP contribution in [0.2, 0.25) is 0 Å². The number of unbranched alkanes of at least 4 members (excludes halogenated alkanes) is 12. The van der Waals surface area contributed by atoms with Crippen LogP contribution in [0.1, 0.15) is 117 Å².